The quantitative estimate of drug-likeness (QED) is 0.240. The average Bonchev–Trinajstić information content (AvgIpc) is 2.60. The molecule has 0 aromatic heterocycles. The summed E-state index contributed by atoms with van der Waals surface area (Å²) in [7, 11) is 0. The molecule has 19 heteroatoms. The molecule has 0 aliphatic carbocycles. The molecule has 18 nitrogen and oxygen atoms in total. The summed E-state index contributed by atoms with van der Waals surface area (Å²) in [6.07, 6.45) is 0. The van der Waals surface area contributed by atoms with Crippen molar-refractivity contribution in [2.75, 3.05) is 79.0 Å². The van der Waals surface area contributed by atoms with Gasteiger partial charge >= 0.3 is 40.8 Å². The summed E-state index contributed by atoms with van der Waals surface area (Å²) < 4.78 is 21.6. The van der Waals surface area contributed by atoms with Crippen molar-refractivity contribution >= 4 is 0 Å². The number of hydrogen-bond acceptors (Lipinski definition) is 15. The van der Waals surface area contributed by atoms with Crippen LogP contribution in [0.2, 0.25) is 0 Å². The third kappa shape index (κ3) is 73.4. The SMILES string of the molecule is C1COCCOCCNCCOCCOCCN1.O=[N+]([O-])[O-].O=[N+]([O-])[O-].O=[N+]([O-])[O-].[Nd+3]. The summed E-state index contributed by atoms with van der Waals surface area (Å²) in [6, 6.07) is 0. The normalized spacial score (nSPS) is 16.3. The van der Waals surface area contributed by atoms with Gasteiger partial charge in [0.15, 0.2) is 0 Å². The predicted octanol–water partition coefficient (Wildman–Crippen LogP) is -1.47. The number of hydrogen-bond donors (Lipinski definition) is 2. The minimum Gasteiger partial charge on any atom is -0.378 e. The molecule has 2 N–H and O–H groups in total. The Kier molecular flexibility index (Phi) is 39.9. The molecule has 1 aliphatic heterocycles. The molecule has 31 heavy (non-hydrogen) atoms. The molecule has 0 spiro atoms. The van der Waals surface area contributed by atoms with Crippen LogP contribution in [0.5, 0.6) is 0 Å². The van der Waals surface area contributed by atoms with E-state index in [4.69, 9.17) is 64.9 Å². The molecule has 0 aromatic carbocycles. The van der Waals surface area contributed by atoms with E-state index in [0.29, 0.717) is 52.9 Å². The minimum atomic E-state index is -1.75. The Labute approximate surface area is 210 Å². The fourth-order valence-corrected chi connectivity index (χ4v) is 1.47. The van der Waals surface area contributed by atoms with Crippen molar-refractivity contribution in [3.8, 4) is 0 Å². The van der Waals surface area contributed by atoms with E-state index in [9.17, 15) is 0 Å². The van der Waals surface area contributed by atoms with E-state index in [1.807, 2.05) is 0 Å². The number of nitrogens with one attached hydrogen (secondary N) is 2. The molecule has 1 radical (unpaired) electrons. The Morgan fingerprint density at radius 3 is 0.774 bits per heavy atom. The van der Waals surface area contributed by atoms with Crippen molar-refractivity contribution in [2.24, 2.45) is 0 Å². The molecule has 1 fully saturated rings. The first-order valence-corrected chi connectivity index (χ1v) is 8.37. The van der Waals surface area contributed by atoms with Crippen molar-refractivity contribution in [2.45, 2.75) is 0 Å². The van der Waals surface area contributed by atoms with Crippen molar-refractivity contribution in [1.82, 2.24) is 10.6 Å². The van der Waals surface area contributed by atoms with Crippen LogP contribution in [-0.4, -0.2) is 94.3 Å². The topological polar surface area (TPSA) is 260 Å². The van der Waals surface area contributed by atoms with E-state index in [2.05, 4.69) is 10.6 Å². The Balaban J connectivity index is -0.000000232. The second kappa shape index (κ2) is 33.4. The van der Waals surface area contributed by atoms with Crippen LogP contribution < -0.4 is 10.6 Å². The molecule has 0 atom stereocenters. The van der Waals surface area contributed by atoms with Crippen LogP contribution in [0, 0.1) is 86.8 Å². The van der Waals surface area contributed by atoms with E-state index in [1.54, 1.807) is 0 Å². The van der Waals surface area contributed by atoms with Crippen LogP contribution in [0.15, 0.2) is 0 Å². The van der Waals surface area contributed by atoms with Gasteiger partial charge in [-0.1, -0.05) is 0 Å². The molecule has 0 bridgehead atoms. The number of nitrogens with zero attached hydrogens (tertiary/aromatic N) is 3. The first-order chi connectivity index (χ1) is 14.2. The van der Waals surface area contributed by atoms with Gasteiger partial charge in [0, 0.05) is 26.2 Å². The molecule has 0 aromatic rings. The monoisotopic (exact) mass is 590 g/mol. The molecular formula is C12H26N5NdO13. The van der Waals surface area contributed by atoms with Gasteiger partial charge in [0.05, 0.1) is 68.1 Å². The van der Waals surface area contributed by atoms with Crippen LogP contribution in [0.4, 0.5) is 0 Å². The Morgan fingerprint density at radius 1 is 0.452 bits per heavy atom. The number of rotatable bonds is 0. The molecule has 1 heterocycles. The zero-order chi connectivity index (χ0) is 23.5. The average molecular weight is 593 g/mol. The molecule has 0 amide bonds. The summed E-state index contributed by atoms with van der Waals surface area (Å²) in [5, 5.41) is 50.7. The van der Waals surface area contributed by atoms with Crippen LogP contribution in [0.3, 0.4) is 0 Å². The molecule has 0 saturated carbocycles. The summed E-state index contributed by atoms with van der Waals surface area (Å²) >= 11 is 0. The first-order valence-electron chi connectivity index (χ1n) is 8.37. The maximum absolute atomic E-state index is 8.25. The van der Waals surface area contributed by atoms with Crippen LogP contribution in [0.1, 0.15) is 0 Å². The van der Waals surface area contributed by atoms with Gasteiger partial charge in [-0.3, -0.25) is 0 Å². The van der Waals surface area contributed by atoms with Crippen molar-refractivity contribution in [3.63, 3.8) is 0 Å². The molecular weight excluding hydrogens is 566 g/mol. The number of ether oxygens (including phenoxy) is 4. The summed E-state index contributed by atoms with van der Waals surface area (Å²) in [6.45, 7) is 8.86. The Hall–Kier alpha value is -1.29. The third-order valence-electron chi connectivity index (χ3n) is 2.44. The zero-order valence-electron chi connectivity index (χ0n) is 16.6. The first kappa shape index (κ1) is 37.0. The van der Waals surface area contributed by atoms with Gasteiger partial charge in [0.2, 0.25) is 0 Å². The van der Waals surface area contributed by atoms with E-state index < -0.39 is 15.3 Å². The van der Waals surface area contributed by atoms with Gasteiger partial charge in [0.1, 0.15) is 0 Å². The molecule has 181 valence electrons. The summed E-state index contributed by atoms with van der Waals surface area (Å²) in [4.78, 5) is 24.8. The van der Waals surface area contributed by atoms with E-state index in [-0.39, 0.29) is 40.8 Å². The van der Waals surface area contributed by atoms with Gasteiger partial charge in [-0.05, 0) is 0 Å². The van der Waals surface area contributed by atoms with Gasteiger partial charge < -0.3 is 75.5 Å². The van der Waals surface area contributed by atoms with Crippen LogP contribution in [0.25, 0.3) is 0 Å². The summed E-state index contributed by atoms with van der Waals surface area (Å²) in [5.41, 5.74) is 0. The predicted molar refractivity (Wildman–Crippen MR) is 100 cm³/mol. The van der Waals surface area contributed by atoms with Crippen molar-refractivity contribution in [1.29, 1.82) is 0 Å². The Bertz CT molecular complexity index is 295. The van der Waals surface area contributed by atoms with Gasteiger partial charge in [-0.25, -0.2) is 0 Å². The zero-order valence-corrected chi connectivity index (χ0v) is 19.8. The molecule has 1 rings (SSSR count). The third-order valence-corrected chi connectivity index (χ3v) is 2.44. The molecule has 1 saturated heterocycles. The fourth-order valence-electron chi connectivity index (χ4n) is 1.47. The minimum absolute atomic E-state index is 0. The second-order valence-electron chi connectivity index (χ2n) is 4.62. The van der Waals surface area contributed by atoms with Crippen LogP contribution in [-0.2, 0) is 18.9 Å². The molecule has 0 unspecified atom stereocenters. The smallest absolute Gasteiger partial charge is 0.378 e. The van der Waals surface area contributed by atoms with E-state index >= 15 is 0 Å². The van der Waals surface area contributed by atoms with E-state index in [1.165, 1.54) is 0 Å². The van der Waals surface area contributed by atoms with E-state index in [0.717, 1.165) is 26.2 Å². The molecule has 1 aliphatic rings. The fraction of sp³-hybridized carbons (Fsp3) is 1.00. The second-order valence-corrected chi connectivity index (χ2v) is 4.62. The standard InChI is InChI=1S/C12H26N2O4.3NO3.Nd/c1-5-15-9-10-17-7-3-14-4-8-18-12-11-16-6-2-13-1;3*2-1(3)4;/h13-14H,1-12H2;;;;/q;3*-1;+3. The van der Waals surface area contributed by atoms with Crippen molar-refractivity contribution in [3.05, 3.63) is 46.0 Å². The largest absolute Gasteiger partial charge is 3.00 e. The van der Waals surface area contributed by atoms with Crippen molar-refractivity contribution < 1.29 is 75.0 Å². The van der Waals surface area contributed by atoms with Gasteiger partial charge in [-0.2, -0.15) is 0 Å². The van der Waals surface area contributed by atoms with Gasteiger partial charge in [-0.15, -0.1) is 0 Å². The Morgan fingerprint density at radius 2 is 0.613 bits per heavy atom. The van der Waals surface area contributed by atoms with Crippen LogP contribution >= 0.6 is 0 Å². The maximum Gasteiger partial charge on any atom is 3.00 e. The summed E-state index contributed by atoms with van der Waals surface area (Å²) in [5.74, 6) is 0. The van der Waals surface area contributed by atoms with Gasteiger partial charge in [0.25, 0.3) is 0 Å². The maximum atomic E-state index is 8.25.